The second-order valence-corrected chi connectivity index (χ2v) is 5.06. The lowest BCUT2D eigenvalue weighted by Crippen LogP contribution is -2.47. The first kappa shape index (κ1) is 12.9. The van der Waals surface area contributed by atoms with E-state index in [4.69, 9.17) is 0 Å². The van der Waals surface area contributed by atoms with Crippen molar-refractivity contribution in [3.8, 4) is 0 Å². The maximum Gasteiger partial charge on any atom is 0.303 e. The van der Waals surface area contributed by atoms with Crippen LogP contribution in [0.15, 0.2) is 0 Å². The molecule has 7 heteroatoms. The van der Waals surface area contributed by atoms with E-state index >= 15 is 0 Å². The maximum atomic E-state index is 11.2. The molecule has 0 aliphatic heterocycles. The average molecular weight is 223 g/mol. The number of rotatable bonds is 3. The molecule has 0 aliphatic rings. The van der Waals surface area contributed by atoms with Gasteiger partial charge in [0.2, 0.25) is 10.0 Å². The van der Waals surface area contributed by atoms with Crippen molar-refractivity contribution in [1.82, 2.24) is 4.72 Å². The highest BCUT2D eigenvalue weighted by molar-refractivity contribution is 7.89. The number of carbonyl (C=O) groups excluding carboxylic acids is 2. The number of nitrogens with one attached hydrogen (secondary N) is 1. The molecule has 0 aromatic rings. The Morgan fingerprint density at radius 3 is 2.00 bits per heavy atom. The van der Waals surface area contributed by atoms with Crippen LogP contribution in [0.1, 0.15) is 20.8 Å². The fourth-order valence-corrected chi connectivity index (χ4v) is 1.28. The second kappa shape index (κ2) is 3.95. The molecule has 0 radical (unpaired) electrons. The van der Waals surface area contributed by atoms with Gasteiger partial charge >= 0.3 is 5.97 Å². The summed E-state index contributed by atoms with van der Waals surface area (Å²) in [6.45, 7) is 3.74. The van der Waals surface area contributed by atoms with Crippen LogP contribution in [0, 0.1) is 0 Å². The molecule has 14 heavy (non-hydrogen) atoms. The van der Waals surface area contributed by atoms with Gasteiger partial charge in [-0.15, -0.1) is 0 Å². The number of hydrogen-bond donors (Lipinski definition) is 1. The predicted octanol–water partition coefficient (Wildman–Crippen LogP) is -0.596. The van der Waals surface area contributed by atoms with Crippen LogP contribution in [0.4, 0.5) is 0 Å². The molecule has 6 nitrogen and oxygen atoms in total. The Kier molecular flexibility index (Phi) is 3.64. The van der Waals surface area contributed by atoms with Crippen LogP contribution in [-0.4, -0.2) is 32.2 Å². The molecule has 0 heterocycles. The monoisotopic (exact) mass is 223 g/mol. The lowest BCUT2D eigenvalue weighted by atomic mass is 10.1. The molecule has 0 aromatic carbocycles. The summed E-state index contributed by atoms with van der Waals surface area (Å²) >= 11 is 0. The molecule has 0 unspecified atom stereocenters. The van der Waals surface area contributed by atoms with Crippen LogP contribution in [0.25, 0.3) is 0 Å². The minimum Gasteiger partial charge on any atom is -0.450 e. The van der Waals surface area contributed by atoms with Gasteiger partial charge in [-0.25, -0.2) is 13.1 Å². The van der Waals surface area contributed by atoms with Crippen molar-refractivity contribution in [2.45, 2.75) is 26.4 Å². The highest BCUT2D eigenvalue weighted by Gasteiger charge is 2.32. The molecule has 0 aromatic heterocycles. The third-order valence-corrected chi connectivity index (χ3v) is 1.78. The number of ether oxygens (including phenoxy) is 1. The van der Waals surface area contributed by atoms with Gasteiger partial charge in [0.25, 0.3) is 5.91 Å². The van der Waals surface area contributed by atoms with E-state index in [1.807, 2.05) is 0 Å². The van der Waals surface area contributed by atoms with Gasteiger partial charge in [-0.2, -0.15) is 0 Å². The number of carbonyl (C=O) groups is 2. The van der Waals surface area contributed by atoms with E-state index in [1.54, 1.807) is 4.72 Å². The van der Waals surface area contributed by atoms with Gasteiger partial charge < -0.3 is 4.74 Å². The topological polar surface area (TPSA) is 89.5 Å². The first-order valence-corrected chi connectivity index (χ1v) is 5.65. The van der Waals surface area contributed by atoms with E-state index in [0.29, 0.717) is 0 Å². The molecule has 0 aliphatic carbocycles. The summed E-state index contributed by atoms with van der Waals surface area (Å²) in [5.74, 6) is -1.53. The first-order chi connectivity index (χ1) is 6.04. The Bertz CT molecular complexity index is 343. The number of sulfonamides is 1. The molecule has 1 amide bonds. The highest BCUT2D eigenvalue weighted by Crippen LogP contribution is 2.09. The van der Waals surface area contributed by atoms with Gasteiger partial charge in [-0.3, -0.25) is 9.59 Å². The minimum absolute atomic E-state index is 0.654. The largest absolute Gasteiger partial charge is 0.450 e. The molecule has 0 atom stereocenters. The zero-order chi connectivity index (χ0) is 11.6. The Hall–Kier alpha value is -1.11. The lowest BCUT2D eigenvalue weighted by Gasteiger charge is -2.22. The summed E-state index contributed by atoms with van der Waals surface area (Å²) in [7, 11) is -3.63. The third kappa shape index (κ3) is 4.80. The first-order valence-electron chi connectivity index (χ1n) is 3.76. The highest BCUT2D eigenvalue weighted by atomic mass is 32.2. The standard InChI is InChI=1S/C7H13NO5S/c1-5(9)13-7(2,3)6(10)8-14(4,11)12/h1-4H3,(H,8,10). The van der Waals surface area contributed by atoms with Crippen molar-refractivity contribution in [2.24, 2.45) is 0 Å². The SMILES string of the molecule is CC(=O)OC(C)(C)C(=O)NS(C)(=O)=O. The van der Waals surface area contributed by atoms with E-state index in [-0.39, 0.29) is 0 Å². The number of hydrogen-bond acceptors (Lipinski definition) is 5. The zero-order valence-electron chi connectivity index (χ0n) is 8.45. The summed E-state index contributed by atoms with van der Waals surface area (Å²) in [6.07, 6.45) is 0.842. The third-order valence-electron chi connectivity index (χ3n) is 1.22. The van der Waals surface area contributed by atoms with Crippen molar-refractivity contribution in [3.63, 3.8) is 0 Å². The number of esters is 1. The van der Waals surface area contributed by atoms with Crippen LogP contribution in [0.3, 0.4) is 0 Å². The normalized spacial score (nSPS) is 12.0. The van der Waals surface area contributed by atoms with Crippen LogP contribution in [0.5, 0.6) is 0 Å². The Labute approximate surface area is 82.7 Å². The van der Waals surface area contributed by atoms with E-state index in [1.165, 1.54) is 13.8 Å². The van der Waals surface area contributed by atoms with Crippen molar-refractivity contribution in [1.29, 1.82) is 0 Å². The molecule has 1 N–H and O–H groups in total. The van der Waals surface area contributed by atoms with Crippen LogP contribution in [-0.2, 0) is 24.3 Å². The van der Waals surface area contributed by atoms with Crippen molar-refractivity contribution in [2.75, 3.05) is 6.26 Å². The minimum atomic E-state index is -3.63. The Morgan fingerprint density at radius 1 is 1.29 bits per heavy atom. The smallest absolute Gasteiger partial charge is 0.303 e. The molecule has 0 saturated carbocycles. The van der Waals surface area contributed by atoms with Gasteiger partial charge in [0.1, 0.15) is 0 Å². The molecule has 82 valence electrons. The molecular weight excluding hydrogens is 210 g/mol. The van der Waals surface area contributed by atoms with Crippen molar-refractivity contribution >= 4 is 21.9 Å². The van der Waals surface area contributed by atoms with Crippen molar-refractivity contribution < 1.29 is 22.7 Å². The van der Waals surface area contributed by atoms with Crippen LogP contribution < -0.4 is 4.72 Å². The van der Waals surface area contributed by atoms with Crippen LogP contribution >= 0.6 is 0 Å². The molecule has 0 bridgehead atoms. The molecule has 0 saturated heterocycles. The molecule has 0 fully saturated rings. The Morgan fingerprint density at radius 2 is 1.71 bits per heavy atom. The zero-order valence-corrected chi connectivity index (χ0v) is 9.27. The van der Waals surface area contributed by atoms with Gasteiger partial charge in [0, 0.05) is 6.92 Å². The number of amides is 1. The molecular formula is C7H13NO5S. The van der Waals surface area contributed by atoms with Gasteiger partial charge in [-0.05, 0) is 13.8 Å². The molecule has 0 rings (SSSR count). The van der Waals surface area contributed by atoms with E-state index in [0.717, 1.165) is 13.2 Å². The van der Waals surface area contributed by atoms with Gasteiger partial charge in [-0.1, -0.05) is 0 Å². The summed E-state index contributed by atoms with van der Waals surface area (Å²) in [4.78, 5) is 21.8. The molecule has 0 spiro atoms. The lowest BCUT2D eigenvalue weighted by molar-refractivity contribution is -0.162. The summed E-state index contributed by atoms with van der Waals surface area (Å²) in [5.41, 5.74) is -1.49. The average Bonchev–Trinajstić information content (AvgIpc) is 1.79. The van der Waals surface area contributed by atoms with E-state index < -0.39 is 27.5 Å². The fourth-order valence-electron chi connectivity index (χ4n) is 0.697. The summed E-state index contributed by atoms with van der Waals surface area (Å²) in [6, 6.07) is 0. The quantitative estimate of drug-likeness (QED) is 0.645. The Balaban J connectivity index is 4.60. The van der Waals surface area contributed by atoms with E-state index in [2.05, 4.69) is 4.74 Å². The van der Waals surface area contributed by atoms with Crippen LogP contribution in [0.2, 0.25) is 0 Å². The predicted molar refractivity (Wildman–Crippen MR) is 48.8 cm³/mol. The van der Waals surface area contributed by atoms with Crippen molar-refractivity contribution in [3.05, 3.63) is 0 Å². The van der Waals surface area contributed by atoms with E-state index in [9.17, 15) is 18.0 Å². The van der Waals surface area contributed by atoms with Gasteiger partial charge in [0.15, 0.2) is 5.60 Å². The van der Waals surface area contributed by atoms with Gasteiger partial charge in [0.05, 0.1) is 6.26 Å². The summed E-state index contributed by atoms with van der Waals surface area (Å²) in [5, 5.41) is 0. The summed E-state index contributed by atoms with van der Waals surface area (Å²) < 4.78 is 27.8. The maximum absolute atomic E-state index is 11.2. The second-order valence-electron chi connectivity index (χ2n) is 3.31. The fraction of sp³-hybridized carbons (Fsp3) is 0.714.